The van der Waals surface area contributed by atoms with Crippen LogP contribution in [0.1, 0.15) is 25.0 Å². The molecule has 0 atom stereocenters. The maximum Gasteiger partial charge on any atom is 0.508 e. The van der Waals surface area contributed by atoms with Gasteiger partial charge in [-0.15, -0.1) is 0 Å². The number of hydrogen-bond acceptors (Lipinski definition) is 4. The average molecular weight is 252 g/mol. The molecule has 102 valence electrons. The second-order valence-corrected chi connectivity index (χ2v) is 4.80. The van der Waals surface area contributed by atoms with Gasteiger partial charge in [0.05, 0.1) is 0 Å². The Bertz CT molecular complexity index is 366. The van der Waals surface area contributed by atoms with E-state index >= 15 is 0 Å². The zero-order valence-electron chi connectivity index (χ0n) is 11.5. The minimum atomic E-state index is -0.691. The van der Waals surface area contributed by atoms with E-state index in [0.717, 1.165) is 5.56 Å². The lowest BCUT2D eigenvalue weighted by Crippen LogP contribution is -2.38. The summed E-state index contributed by atoms with van der Waals surface area (Å²) >= 11 is 0. The van der Waals surface area contributed by atoms with Crippen LogP contribution in [0.3, 0.4) is 0 Å². The number of benzene rings is 1. The van der Waals surface area contributed by atoms with E-state index < -0.39 is 11.7 Å². The first-order valence-corrected chi connectivity index (χ1v) is 5.51. The highest BCUT2D eigenvalue weighted by Gasteiger charge is 2.14. The monoisotopic (exact) mass is 252 g/mol. The van der Waals surface area contributed by atoms with E-state index in [9.17, 15) is 4.79 Å². The summed E-state index contributed by atoms with van der Waals surface area (Å²) in [6.45, 7) is 5.91. The molecule has 0 amide bonds. The number of nitrogens with two attached hydrogens (primary N) is 1. The third-order valence-corrected chi connectivity index (χ3v) is 2.04. The van der Waals surface area contributed by atoms with Crippen LogP contribution in [0.2, 0.25) is 0 Å². The number of ether oxygens (including phenoxy) is 2. The van der Waals surface area contributed by atoms with Crippen molar-refractivity contribution in [1.29, 1.82) is 0 Å². The fourth-order valence-corrected chi connectivity index (χ4v) is 1.11. The lowest BCUT2D eigenvalue weighted by Gasteiger charge is -2.17. The van der Waals surface area contributed by atoms with Gasteiger partial charge in [0, 0.05) is 5.54 Å². The van der Waals surface area contributed by atoms with Crippen LogP contribution in [-0.2, 0) is 16.1 Å². The van der Waals surface area contributed by atoms with Gasteiger partial charge >= 0.3 is 6.16 Å². The minimum absolute atomic E-state index is 0. The van der Waals surface area contributed by atoms with Gasteiger partial charge in [0.25, 0.3) is 0 Å². The Morgan fingerprint density at radius 2 is 1.78 bits per heavy atom. The molecule has 1 rings (SSSR count). The first kappa shape index (κ1) is 16.4. The molecule has 0 saturated carbocycles. The summed E-state index contributed by atoms with van der Waals surface area (Å²) in [7, 11) is 0. The standard InChI is InChI=1S/C13H19NO3.CH3/c1-10-4-6-11(7-5-10)8-16-12(15)17-9-13(2,3)14;/h4-7H,8-9,14H2,1-3H3;1H3/q;-1. The molecule has 0 aliphatic carbocycles. The summed E-state index contributed by atoms with van der Waals surface area (Å²) in [6.07, 6.45) is -0.691. The van der Waals surface area contributed by atoms with E-state index in [1.807, 2.05) is 31.2 Å². The third kappa shape index (κ3) is 6.91. The topological polar surface area (TPSA) is 61.5 Å². The predicted octanol–water partition coefficient (Wildman–Crippen LogP) is 2.84. The first-order valence-electron chi connectivity index (χ1n) is 5.51. The number of hydrogen-bond donors (Lipinski definition) is 1. The molecule has 0 fully saturated rings. The molecule has 0 saturated heterocycles. The minimum Gasteiger partial charge on any atom is -0.432 e. The van der Waals surface area contributed by atoms with Crippen LogP contribution < -0.4 is 5.73 Å². The highest BCUT2D eigenvalue weighted by Crippen LogP contribution is 2.06. The number of carbonyl (C=O) groups excluding carboxylic acids is 1. The summed E-state index contributed by atoms with van der Waals surface area (Å²) in [5.41, 5.74) is 7.23. The summed E-state index contributed by atoms with van der Waals surface area (Å²) in [5, 5.41) is 0. The van der Waals surface area contributed by atoms with Crippen molar-refractivity contribution in [2.75, 3.05) is 6.61 Å². The number of aryl methyl sites for hydroxylation is 1. The van der Waals surface area contributed by atoms with E-state index in [4.69, 9.17) is 15.2 Å². The van der Waals surface area contributed by atoms with E-state index in [2.05, 4.69) is 0 Å². The van der Waals surface area contributed by atoms with Gasteiger partial charge in [-0.1, -0.05) is 29.8 Å². The zero-order chi connectivity index (χ0) is 12.9. The number of carbonyl (C=O) groups is 1. The van der Waals surface area contributed by atoms with E-state index in [-0.39, 0.29) is 20.6 Å². The fraction of sp³-hybridized carbons (Fsp3) is 0.429. The SMILES string of the molecule is Cc1ccc(COC(=O)OCC(C)(C)N)cc1.[CH3-]. The van der Waals surface area contributed by atoms with Crippen LogP contribution in [0.5, 0.6) is 0 Å². The van der Waals surface area contributed by atoms with Gasteiger partial charge in [0.15, 0.2) is 0 Å². The lowest BCUT2D eigenvalue weighted by atomic mass is 10.1. The van der Waals surface area contributed by atoms with Crippen molar-refractivity contribution in [2.24, 2.45) is 5.73 Å². The van der Waals surface area contributed by atoms with Crippen molar-refractivity contribution in [3.63, 3.8) is 0 Å². The van der Waals surface area contributed by atoms with Crippen LogP contribution in [0.15, 0.2) is 24.3 Å². The Morgan fingerprint density at radius 3 is 2.28 bits per heavy atom. The van der Waals surface area contributed by atoms with Crippen LogP contribution in [0.4, 0.5) is 4.79 Å². The average Bonchev–Trinajstić information content (AvgIpc) is 2.25. The summed E-state index contributed by atoms with van der Waals surface area (Å²) in [5.74, 6) is 0. The molecule has 0 aliphatic heterocycles. The molecule has 0 unspecified atom stereocenters. The number of rotatable bonds is 4. The maximum absolute atomic E-state index is 11.2. The summed E-state index contributed by atoms with van der Waals surface area (Å²) in [6, 6.07) is 7.75. The molecule has 0 heterocycles. The summed E-state index contributed by atoms with van der Waals surface area (Å²) in [4.78, 5) is 11.2. The van der Waals surface area contributed by atoms with Crippen molar-refractivity contribution in [3.05, 3.63) is 42.8 Å². The largest absolute Gasteiger partial charge is 0.508 e. The first-order chi connectivity index (χ1) is 7.87. The van der Waals surface area contributed by atoms with Gasteiger partial charge in [-0.3, -0.25) is 0 Å². The molecule has 1 aromatic carbocycles. The fourth-order valence-electron chi connectivity index (χ4n) is 1.11. The third-order valence-electron chi connectivity index (χ3n) is 2.04. The highest BCUT2D eigenvalue weighted by molar-refractivity contribution is 5.60. The molecule has 0 bridgehead atoms. The summed E-state index contributed by atoms with van der Waals surface area (Å²) < 4.78 is 9.81. The molecule has 0 spiro atoms. The van der Waals surface area contributed by atoms with Crippen LogP contribution in [0.25, 0.3) is 0 Å². The van der Waals surface area contributed by atoms with Crippen molar-refractivity contribution in [1.82, 2.24) is 0 Å². The molecule has 0 radical (unpaired) electrons. The van der Waals surface area contributed by atoms with Crippen molar-refractivity contribution in [2.45, 2.75) is 32.9 Å². The van der Waals surface area contributed by atoms with Gasteiger partial charge < -0.3 is 22.6 Å². The Morgan fingerprint density at radius 1 is 1.22 bits per heavy atom. The van der Waals surface area contributed by atoms with Crippen LogP contribution >= 0.6 is 0 Å². The second-order valence-electron chi connectivity index (χ2n) is 4.80. The Hall–Kier alpha value is -1.55. The van der Waals surface area contributed by atoms with Crippen molar-refractivity contribution in [3.8, 4) is 0 Å². The van der Waals surface area contributed by atoms with Crippen LogP contribution in [0, 0.1) is 14.4 Å². The van der Waals surface area contributed by atoms with Crippen LogP contribution in [-0.4, -0.2) is 18.3 Å². The van der Waals surface area contributed by atoms with Gasteiger partial charge in [-0.05, 0) is 26.3 Å². The normalized spacial score (nSPS) is 10.4. The Kier molecular flexibility index (Phi) is 6.41. The van der Waals surface area contributed by atoms with Gasteiger partial charge in [-0.25, -0.2) is 4.79 Å². The molecule has 18 heavy (non-hydrogen) atoms. The zero-order valence-corrected chi connectivity index (χ0v) is 11.5. The maximum atomic E-state index is 11.2. The molecule has 4 heteroatoms. The predicted molar refractivity (Wildman–Crippen MR) is 72.0 cm³/mol. The molecule has 4 nitrogen and oxygen atoms in total. The lowest BCUT2D eigenvalue weighted by molar-refractivity contribution is 0.0385. The Labute approximate surface area is 109 Å². The quantitative estimate of drug-likeness (QED) is 0.661. The second kappa shape index (κ2) is 7.01. The molecule has 0 aliphatic rings. The van der Waals surface area contributed by atoms with Gasteiger partial charge in [0.1, 0.15) is 13.2 Å². The molecular weight excluding hydrogens is 230 g/mol. The molecule has 2 N–H and O–H groups in total. The van der Waals surface area contributed by atoms with E-state index in [0.29, 0.717) is 0 Å². The van der Waals surface area contributed by atoms with E-state index in [1.54, 1.807) is 13.8 Å². The van der Waals surface area contributed by atoms with Gasteiger partial charge in [-0.2, -0.15) is 0 Å². The van der Waals surface area contributed by atoms with E-state index in [1.165, 1.54) is 5.56 Å². The molecule has 1 aromatic rings. The highest BCUT2D eigenvalue weighted by atomic mass is 16.7. The van der Waals surface area contributed by atoms with Gasteiger partial charge in [0.2, 0.25) is 0 Å². The molecule has 0 aromatic heterocycles. The smallest absolute Gasteiger partial charge is 0.432 e. The molecular formula is C14H22NO3-. The van der Waals surface area contributed by atoms with Crippen molar-refractivity contribution >= 4 is 6.16 Å². The Balaban J connectivity index is 0.00000289. The van der Waals surface area contributed by atoms with Crippen molar-refractivity contribution < 1.29 is 14.3 Å².